The number of Topliss-reactive ketones (excluding diaryl/α,β-unsaturated/α-hetero) is 1. The van der Waals surface area contributed by atoms with Gasteiger partial charge in [-0.1, -0.05) is 23.6 Å². The van der Waals surface area contributed by atoms with Gasteiger partial charge in [0.15, 0.2) is 0 Å². The Labute approximate surface area is 100 Å². The first-order valence-corrected chi connectivity index (χ1v) is 7.01. The van der Waals surface area contributed by atoms with Gasteiger partial charge in [-0.3, -0.25) is 9.68 Å². The summed E-state index contributed by atoms with van der Waals surface area (Å²) in [5.41, 5.74) is 0. The number of ketones is 1. The van der Waals surface area contributed by atoms with Gasteiger partial charge in [-0.15, -0.1) is 0 Å². The fourth-order valence-corrected chi connectivity index (χ4v) is 2.92. The lowest BCUT2D eigenvalue weighted by molar-refractivity contribution is -0.211. The average molecular weight is 264 g/mol. The quantitative estimate of drug-likeness (QED) is 0.420. The Bertz CT molecular complexity index is 380. The van der Waals surface area contributed by atoms with E-state index in [1.54, 1.807) is 0 Å². The molecule has 1 aliphatic rings. The second-order valence-corrected chi connectivity index (χ2v) is 5.94. The molecule has 1 rings (SSSR count). The third-order valence-electron chi connectivity index (χ3n) is 2.58. The van der Waals surface area contributed by atoms with Gasteiger partial charge >= 0.3 is 16.1 Å². The first-order valence-electron chi connectivity index (χ1n) is 5.54. The lowest BCUT2D eigenvalue weighted by atomic mass is 10.0. The van der Waals surface area contributed by atoms with Gasteiger partial charge in [0.1, 0.15) is 12.2 Å². The van der Waals surface area contributed by atoms with Crippen molar-refractivity contribution in [2.75, 3.05) is 0 Å². The topological polar surface area (TPSA) is 86.7 Å². The van der Waals surface area contributed by atoms with Crippen LogP contribution in [0.1, 0.15) is 45.4 Å². The van der Waals surface area contributed by atoms with Crippen molar-refractivity contribution in [1.82, 2.24) is 0 Å². The van der Waals surface area contributed by atoms with Crippen molar-refractivity contribution in [2.45, 2.75) is 50.7 Å². The molecule has 17 heavy (non-hydrogen) atoms. The van der Waals surface area contributed by atoms with E-state index in [0.29, 0.717) is 12.8 Å². The molecule has 6 nitrogen and oxygen atoms in total. The van der Waals surface area contributed by atoms with Crippen LogP contribution in [0.4, 0.5) is 0 Å². The molecule has 7 heteroatoms. The molecule has 1 fully saturated rings. The van der Waals surface area contributed by atoms with Crippen molar-refractivity contribution in [3.05, 3.63) is 0 Å². The molecule has 98 valence electrons. The van der Waals surface area contributed by atoms with E-state index >= 15 is 0 Å². The predicted molar refractivity (Wildman–Crippen MR) is 58.3 cm³/mol. The molecule has 0 aromatic rings. The third kappa shape index (κ3) is 4.82. The van der Waals surface area contributed by atoms with Gasteiger partial charge in [0.2, 0.25) is 0 Å². The molecule has 0 bridgehead atoms. The molecule has 0 spiro atoms. The Balaban J connectivity index is 2.43. The predicted octanol–water partition coefficient (Wildman–Crippen LogP) is 1.10. The highest BCUT2D eigenvalue weighted by molar-refractivity contribution is 7.87. The maximum atomic E-state index is 11.6. The van der Waals surface area contributed by atoms with E-state index in [4.69, 9.17) is 0 Å². The van der Waals surface area contributed by atoms with E-state index < -0.39 is 33.5 Å². The number of rotatable bonds is 5. The Hall–Kier alpha value is -0.950. The minimum Gasteiger partial charge on any atom is -0.299 e. The third-order valence-corrected chi connectivity index (χ3v) is 4.12. The van der Waals surface area contributed by atoms with Crippen molar-refractivity contribution >= 4 is 21.9 Å². The summed E-state index contributed by atoms with van der Waals surface area (Å²) < 4.78 is 27.4. The second kappa shape index (κ2) is 6.11. The number of hydrogen-bond donors (Lipinski definition) is 0. The van der Waals surface area contributed by atoms with Crippen LogP contribution in [0.3, 0.4) is 0 Å². The van der Waals surface area contributed by atoms with Crippen LogP contribution in [0, 0.1) is 0 Å². The molecule has 0 aromatic heterocycles. The molecule has 0 aliphatic heterocycles. The van der Waals surface area contributed by atoms with Crippen LogP contribution >= 0.6 is 0 Å². The molecule has 0 heterocycles. The van der Waals surface area contributed by atoms with Crippen molar-refractivity contribution in [3.63, 3.8) is 0 Å². The molecule has 0 N–H and O–H groups in total. The monoisotopic (exact) mass is 264 g/mol. The Kier molecular flexibility index (Phi) is 5.07. The zero-order valence-electron chi connectivity index (χ0n) is 9.68. The maximum absolute atomic E-state index is 11.6. The summed E-state index contributed by atoms with van der Waals surface area (Å²) in [6.07, 6.45) is 3.22. The van der Waals surface area contributed by atoms with Crippen LogP contribution in [0.15, 0.2) is 0 Å². The normalized spacial score (nSPS) is 17.7. The highest BCUT2D eigenvalue weighted by atomic mass is 32.2. The van der Waals surface area contributed by atoms with E-state index in [2.05, 4.69) is 9.22 Å². The molecule has 0 amide bonds. The van der Waals surface area contributed by atoms with E-state index in [-0.39, 0.29) is 0 Å². The number of carbonyl (C=O) groups excluding carboxylic acids is 2. The zero-order valence-corrected chi connectivity index (χ0v) is 10.5. The first kappa shape index (κ1) is 14.1. The van der Waals surface area contributed by atoms with Crippen molar-refractivity contribution in [2.24, 2.45) is 0 Å². The van der Waals surface area contributed by atoms with Crippen LogP contribution in [0.2, 0.25) is 0 Å². The summed E-state index contributed by atoms with van der Waals surface area (Å²) in [6.45, 7) is 1.21. The molecule has 1 saturated carbocycles. The van der Waals surface area contributed by atoms with Crippen molar-refractivity contribution in [3.8, 4) is 0 Å². The van der Waals surface area contributed by atoms with Crippen molar-refractivity contribution in [1.29, 1.82) is 0 Å². The molecule has 0 aromatic carbocycles. The van der Waals surface area contributed by atoms with E-state index in [0.717, 1.165) is 19.3 Å². The van der Waals surface area contributed by atoms with Crippen molar-refractivity contribution < 1.29 is 27.2 Å². The minimum absolute atomic E-state index is 0.409. The first-order chi connectivity index (χ1) is 7.92. The Morgan fingerprint density at radius 2 is 1.76 bits per heavy atom. The van der Waals surface area contributed by atoms with Crippen LogP contribution in [0.5, 0.6) is 0 Å². The largest absolute Gasteiger partial charge is 0.351 e. The Morgan fingerprint density at radius 1 is 1.18 bits per heavy atom. The molecule has 0 radical (unpaired) electrons. The molecule has 0 saturated heterocycles. The highest BCUT2D eigenvalue weighted by Gasteiger charge is 2.30. The van der Waals surface area contributed by atoms with Gasteiger partial charge in [-0.05, 0) is 19.8 Å². The van der Waals surface area contributed by atoms with E-state index in [9.17, 15) is 18.0 Å². The lowest BCUT2D eigenvalue weighted by Gasteiger charge is -2.19. The molecular formula is C10H16O6S. The molecule has 0 unspecified atom stereocenters. The van der Waals surface area contributed by atoms with Gasteiger partial charge < -0.3 is 0 Å². The zero-order chi connectivity index (χ0) is 12.9. The van der Waals surface area contributed by atoms with Gasteiger partial charge in [-0.2, -0.15) is 8.42 Å². The summed E-state index contributed by atoms with van der Waals surface area (Å²) in [7, 11) is -3.87. The highest BCUT2D eigenvalue weighted by Crippen LogP contribution is 2.24. The Morgan fingerprint density at radius 3 is 2.29 bits per heavy atom. The summed E-state index contributed by atoms with van der Waals surface area (Å²) >= 11 is 0. The van der Waals surface area contributed by atoms with Gasteiger partial charge in [0, 0.05) is 0 Å². The maximum Gasteiger partial charge on any atom is 0.351 e. The summed E-state index contributed by atoms with van der Waals surface area (Å²) in [4.78, 5) is 25.6. The fourth-order valence-electron chi connectivity index (χ4n) is 1.73. The van der Waals surface area contributed by atoms with Crippen LogP contribution in [0.25, 0.3) is 0 Å². The SMILES string of the molecule is CC(=O)CC(=O)OOS(=O)(=O)C1CCCCC1. The van der Waals surface area contributed by atoms with Gasteiger partial charge in [0.25, 0.3) is 0 Å². The standard InChI is InChI=1S/C10H16O6S/c1-8(11)7-10(12)15-16-17(13,14)9-5-3-2-4-6-9/h9H,2-7H2,1H3. The fraction of sp³-hybridized carbons (Fsp3) is 0.800. The van der Waals surface area contributed by atoms with Crippen LogP contribution in [-0.4, -0.2) is 25.4 Å². The summed E-state index contributed by atoms with van der Waals surface area (Å²) in [5, 5.41) is -0.610. The lowest BCUT2D eigenvalue weighted by Crippen LogP contribution is -2.27. The average Bonchev–Trinajstić information content (AvgIpc) is 2.27. The number of carbonyl (C=O) groups is 2. The minimum atomic E-state index is -3.87. The summed E-state index contributed by atoms with van der Waals surface area (Å²) in [5.74, 6) is -1.40. The second-order valence-electron chi connectivity index (χ2n) is 4.15. The molecule has 0 atom stereocenters. The number of hydrogen-bond acceptors (Lipinski definition) is 6. The van der Waals surface area contributed by atoms with Gasteiger partial charge in [0.05, 0.1) is 5.25 Å². The smallest absolute Gasteiger partial charge is 0.299 e. The summed E-state index contributed by atoms with van der Waals surface area (Å²) in [6, 6.07) is 0. The van der Waals surface area contributed by atoms with Crippen LogP contribution < -0.4 is 0 Å². The van der Waals surface area contributed by atoms with Gasteiger partial charge in [-0.25, -0.2) is 4.79 Å². The molecule has 1 aliphatic carbocycles. The van der Waals surface area contributed by atoms with E-state index in [1.807, 2.05) is 0 Å². The molecular weight excluding hydrogens is 248 g/mol. The van der Waals surface area contributed by atoms with E-state index in [1.165, 1.54) is 6.92 Å². The van der Waals surface area contributed by atoms with Crippen LogP contribution in [-0.2, 0) is 28.9 Å².